The SMILES string of the molecule is CN1CNCC(N2CC3(CCC(CCO)CC3)OC3OC32)C1. The highest BCUT2D eigenvalue weighted by molar-refractivity contribution is 5.01. The summed E-state index contributed by atoms with van der Waals surface area (Å²) < 4.78 is 12.1. The van der Waals surface area contributed by atoms with Crippen LogP contribution < -0.4 is 5.32 Å². The molecule has 3 unspecified atom stereocenters. The van der Waals surface area contributed by atoms with Crippen LogP contribution in [0.5, 0.6) is 0 Å². The molecule has 6 heteroatoms. The van der Waals surface area contributed by atoms with Crippen molar-refractivity contribution in [2.75, 3.05) is 40.0 Å². The molecule has 4 rings (SSSR count). The van der Waals surface area contributed by atoms with Gasteiger partial charge in [0.15, 0.2) is 12.5 Å². The summed E-state index contributed by atoms with van der Waals surface area (Å²) >= 11 is 0. The minimum atomic E-state index is -0.0142. The maximum atomic E-state index is 9.14. The molecule has 1 spiro atoms. The van der Waals surface area contributed by atoms with Gasteiger partial charge in [-0.15, -0.1) is 0 Å². The van der Waals surface area contributed by atoms with Crippen molar-refractivity contribution >= 4 is 0 Å². The molecular formula is C16H29N3O3. The van der Waals surface area contributed by atoms with E-state index in [0.717, 1.165) is 45.6 Å². The molecule has 0 aromatic carbocycles. The summed E-state index contributed by atoms with van der Waals surface area (Å²) in [6.07, 6.45) is 5.69. The third-order valence-corrected chi connectivity index (χ3v) is 5.90. The minimum absolute atomic E-state index is 0.00428. The first kappa shape index (κ1) is 15.3. The first-order valence-corrected chi connectivity index (χ1v) is 8.78. The van der Waals surface area contributed by atoms with Gasteiger partial charge in [0.1, 0.15) is 0 Å². The number of hydrogen-bond donors (Lipinski definition) is 2. The fraction of sp³-hybridized carbons (Fsp3) is 1.00. The molecule has 3 atom stereocenters. The molecule has 0 amide bonds. The number of nitrogens with one attached hydrogen (secondary N) is 1. The Labute approximate surface area is 132 Å². The van der Waals surface area contributed by atoms with E-state index in [4.69, 9.17) is 14.6 Å². The predicted molar refractivity (Wildman–Crippen MR) is 82.1 cm³/mol. The Hall–Kier alpha value is -0.240. The van der Waals surface area contributed by atoms with Gasteiger partial charge in [-0.25, -0.2) is 0 Å². The summed E-state index contributed by atoms with van der Waals surface area (Å²) in [5.74, 6) is 0.674. The molecule has 1 aliphatic carbocycles. The van der Waals surface area contributed by atoms with Gasteiger partial charge in [-0.1, -0.05) is 0 Å². The molecule has 3 aliphatic heterocycles. The van der Waals surface area contributed by atoms with Gasteiger partial charge in [-0.3, -0.25) is 9.80 Å². The van der Waals surface area contributed by atoms with E-state index in [1.807, 2.05) is 0 Å². The van der Waals surface area contributed by atoms with Gasteiger partial charge in [0.2, 0.25) is 0 Å². The average molecular weight is 311 g/mol. The van der Waals surface area contributed by atoms with Crippen molar-refractivity contribution in [1.29, 1.82) is 0 Å². The second kappa shape index (κ2) is 6.00. The van der Waals surface area contributed by atoms with Crippen molar-refractivity contribution < 1.29 is 14.6 Å². The first-order chi connectivity index (χ1) is 10.7. The average Bonchev–Trinajstić information content (AvgIpc) is 3.28. The fourth-order valence-corrected chi connectivity index (χ4v) is 4.54. The van der Waals surface area contributed by atoms with E-state index in [2.05, 4.69) is 22.2 Å². The van der Waals surface area contributed by atoms with Crippen molar-refractivity contribution in [2.45, 2.75) is 56.3 Å². The molecule has 22 heavy (non-hydrogen) atoms. The normalized spacial score (nSPS) is 46.6. The molecule has 0 radical (unpaired) electrons. The standard InChI is InChI=1S/C16H29N3O3/c1-18-9-13(8-17-11-18)19-10-16(22-15-14(19)21-15)5-2-12(3-6-16)4-7-20/h12-15,17,20H,2-11H2,1H3. The second-order valence-corrected chi connectivity index (χ2v) is 7.63. The smallest absolute Gasteiger partial charge is 0.200 e. The molecule has 3 saturated heterocycles. The summed E-state index contributed by atoms with van der Waals surface area (Å²) in [6, 6.07) is 0.518. The zero-order valence-corrected chi connectivity index (χ0v) is 13.5. The van der Waals surface area contributed by atoms with Crippen molar-refractivity contribution in [1.82, 2.24) is 15.1 Å². The Kier molecular flexibility index (Phi) is 4.17. The van der Waals surface area contributed by atoms with Crippen LogP contribution in [0.15, 0.2) is 0 Å². The van der Waals surface area contributed by atoms with E-state index in [1.54, 1.807) is 0 Å². The van der Waals surface area contributed by atoms with Gasteiger partial charge in [0.05, 0.1) is 5.60 Å². The van der Waals surface area contributed by atoms with Gasteiger partial charge >= 0.3 is 0 Å². The number of morpholine rings is 1. The summed E-state index contributed by atoms with van der Waals surface area (Å²) in [7, 11) is 2.17. The predicted octanol–water partition coefficient (Wildman–Crippen LogP) is 0.174. The van der Waals surface area contributed by atoms with E-state index >= 15 is 0 Å². The molecule has 3 heterocycles. The summed E-state index contributed by atoms with van der Waals surface area (Å²) in [5, 5.41) is 12.6. The van der Waals surface area contributed by atoms with Crippen LogP contribution in [0.2, 0.25) is 0 Å². The van der Waals surface area contributed by atoms with E-state index in [1.165, 1.54) is 12.8 Å². The van der Waals surface area contributed by atoms with Crippen LogP contribution in [0.3, 0.4) is 0 Å². The summed E-state index contributed by atoms with van der Waals surface area (Å²) in [6.45, 7) is 4.44. The molecule has 2 N–H and O–H groups in total. The third kappa shape index (κ3) is 2.92. The molecular weight excluding hydrogens is 282 g/mol. The van der Waals surface area contributed by atoms with Gasteiger partial charge in [0, 0.05) is 39.0 Å². The summed E-state index contributed by atoms with van der Waals surface area (Å²) in [5.41, 5.74) is -0.0142. The molecule has 0 aromatic rings. The Morgan fingerprint density at radius 1 is 1.32 bits per heavy atom. The van der Waals surface area contributed by atoms with E-state index in [-0.39, 0.29) is 18.1 Å². The molecule has 6 nitrogen and oxygen atoms in total. The molecule has 1 saturated carbocycles. The van der Waals surface area contributed by atoms with E-state index in [0.29, 0.717) is 18.6 Å². The van der Waals surface area contributed by atoms with Crippen LogP contribution in [0.25, 0.3) is 0 Å². The van der Waals surface area contributed by atoms with Crippen LogP contribution in [0.1, 0.15) is 32.1 Å². The molecule has 126 valence electrons. The van der Waals surface area contributed by atoms with Gasteiger partial charge in [-0.05, 0) is 45.1 Å². The quantitative estimate of drug-likeness (QED) is 0.725. The monoisotopic (exact) mass is 311 g/mol. The van der Waals surface area contributed by atoms with E-state index in [9.17, 15) is 0 Å². The van der Waals surface area contributed by atoms with Crippen molar-refractivity contribution in [2.24, 2.45) is 5.92 Å². The lowest BCUT2D eigenvalue weighted by Crippen LogP contribution is -2.62. The summed E-state index contributed by atoms with van der Waals surface area (Å²) in [4.78, 5) is 4.88. The maximum absolute atomic E-state index is 9.14. The lowest BCUT2D eigenvalue weighted by Gasteiger charge is -2.48. The number of rotatable bonds is 3. The highest BCUT2D eigenvalue weighted by atomic mass is 16.8. The highest BCUT2D eigenvalue weighted by Crippen LogP contribution is 2.46. The fourth-order valence-electron chi connectivity index (χ4n) is 4.54. The minimum Gasteiger partial charge on any atom is -0.396 e. The zero-order chi connectivity index (χ0) is 15.2. The third-order valence-electron chi connectivity index (χ3n) is 5.90. The van der Waals surface area contributed by atoms with Crippen LogP contribution >= 0.6 is 0 Å². The number of aliphatic hydroxyl groups is 1. The van der Waals surface area contributed by atoms with Crippen molar-refractivity contribution in [3.8, 4) is 0 Å². The zero-order valence-electron chi connectivity index (χ0n) is 13.5. The molecule has 0 aromatic heterocycles. The van der Waals surface area contributed by atoms with Gasteiger partial charge in [-0.2, -0.15) is 0 Å². The number of likely N-dealkylation sites (N-methyl/N-ethyl adjacent to an activating group) is 1. The van der Waals surface area contributed by atoms with E-state index < -0.39 is 0 Å². The number of fused-ring (bicyclic) bond motifs is 1. The van der Waals surface area contributed by atoms with Crippen LogP contribution in [0.4, 0.5) is 0 Å². The van der Waals surface area contributed by atoms with Crippen molar-refractivity contribution in [3.05, 3.63) is 0 Å². The number of aliphatic hydroxyl groups excluding tert-OH is 1. The van der Waals surface area contributed by atoms with Crippen LogP contribution in [-0.4, -0.2) is 79.0 Å². The topological polar surface area (TPSA) is 60.5 Å². The van der Waals surface area contributed by atoms with Crippen LogP contribution in [-0.2, 0) is 9.47 Å². The molecule has 4 aliphatic rings. The number of nitrogens with zero attached hydrogens (tertiary/aromatic N) is 2. The van der Waals surface area contributed by atoms with Crippen molar-refractivity contribution in [3.63, 3.8) is 0 Å². The highest BCUT2D eigenvalue weighted by Gasteiger charge is 2.58. The first-order valence-electron chi connectivity index (χ1n) is 8.78. The Bertz CT molecular complexity index is 400. The lowest BCUT2D eigenvalue weighted by molar-refractivity contribution is -0.154. The number of hydrogen-bond acceptors (Lipinski definition) is 6. The Morgan fingerprint density at radius 3 is 2.86 bits per heavy atom. The molecule has 0 bridgehead atoms. The maximum Gasteiger partial charge on any atom is 0.200 e. The number of ether oxygens (including phenoxy) is 2. The molecule has 4 fully saturated rings. The van der Waals surface area contributed by atoms with Gasteiger partial charge in [0.25, 0.3) is 0 Å². The Balaban J connectivity index is 1.41. The Morgan fingerprint density at radius 2 is 2.14 bits per heavy atom. The van der Waals surface area contributed by atoms with Crippen LogP contribution in [0, 0.1) is 5.92 Å². The number of epoxide rings is 1. The second-order valence-electron chi connectivity index (χ2n) is 7.63. The van der Waals surface area contributed by atoms with Gasteiger partial charge < -0.3 is 19.9 Å². The largest absolute Gasteiger partial charge is 0.396 e. The lowest BCUT2D eigenvalue weighted by atomic mass is 9.76.